The van der Waals surface area contributed by atoms with Crippen molar-refractivity contribution in [2.45, 2.75) is 31.2 Å². The highest BCUT2D eigenvalue weighted by Crippen LogP contribution is 2.20. The number of rotatable bonds is 7. The van der Waals surface area contributed by atoms with Crippen LogP contribution < -0.4 is 10.0 Å². The lowest BCUT2D eigenvalue weighted by molar-refractivity contribution is 0.102. The highest BCUT2D eigenvalue weighted by molar-refractivity contribution is 7.92. The molecule has 6 nitrogen and oxygen atoms in total. The number of benzene rings is 3. The Bertz CT molecular complexity index is 1180. The summed E-state index contributed by atoms with van der Waals surface area (Å²) in [6, 6.07) is 20.9. The summed E-state index contributed by atoms with van der Waals surface area (Å²) in [5.41, 5.74) is 3.76. The Labute approximate surface area is 189 Å². The number of nitrogens with zero attached hydrogens (tertiary/aromatic N) is 1. The van der Waals surface area contributed by atoms with E-state index in [1.54, 1.807) is 30.3 Å². The van der Waals surface area contributed by atoms with Gasteiger partial charge in [0.2, 0.25) is 0 Å². The fraction of sp³-hybridized carbons (Fsp3) is 0.240. The normalized spacial score (nSPS) is 14.3. The number of anilines is 2. The third-order valence-electron chi connectivity index (χ3n) is 5.51. The van der Waals surface area contributed by atoms with Crippen molar-refractivity contribution in [1.82, 2.24) is 4.90 Å². The van der Waals surface area contributed by atoms with Gasteiger partial charge in [0, 0.05) is 23.5 Å². The molecule has 0 saturated carbocycles. The van der Waals surface area contributed by atoms with Crippen LogP contribution in [-0.4, -0.2) is 32.3 Å². The Kier molecular flexibility index (Phi) is 6.58. The van der Waals surface area contributed by atoms with E-state index in [9.17, 15) is 13.2 Å². The zero-order chi connectivity index (χ0) is 22.6. The molecule has 0 aliphatic carbocycles. The average molecular weight is 450 g/mol. The minimum absolute atomic E-state index is 0.128. The maximum absolute atomic E-state index is 12.6. The lowest BCUT2D eigenvalue weighted by atomic mass is 10.1. The molecule has 3 aromatic carbocycles. The molecule has 0 aromatic heterocycles. The predicted molar refractivity (Wildman–Crippen MR) is 127 cm³/mol. The number of carbonyl (C=O) groups excluding carboxylic acids is 1. The lowest BCUT2D eigenvalue weighted by Gasteiger charge is -2.14. The average Bonchev–Trinajstić information content (AvgIpc) is 3.27. The molecule has 0 spiro atoms. The van der Waals surface area contributed by atoms with Crippen LogP contribution in [0, 0.1) is 6.92 Å². The van der Waals surface area contributed by atoms with Crippen molar-refractivity contribution in [3.05, 3.63) is 89.5 Å². The van der Waals surface area contributed by atoms with Crippen molar-refractivity contribution < 1.29 is 13.2 Å². The maximum Gasteiger partial charge on any atom is 0.261 e. The molecule has 1 heterocycles. The number of likely N-dealkylation sites (tertiary alicyclic amines) is 1. The Balaban J connectivity index is 1.38. The number of hydrogen-bond acceptors (Lipinski definition) is 4. The number of carbonyl (C=O) groups is 1. The smallest absolute Gasteiger partial charge is 0.261 e. The van der Waals surface area contributed by atoms with E-state index in [0.717, 1.165) is 25.2 Å². The molecule has 1 aliphatic heterocycles. The molecule has 1 saturated heterocycles. The van der Waals surface area contributed by atoms with Crippen molar-refractivity contribution in [3.63, 3.8) is 0 Å². The second-order valence-corrected chi connectivity index (χ2v) is 9.82. The van der Waals surface area contributed by atoms with Crippen molar-refractivity contribution in [1.29, 1.82) is 0 Å². The first-order chi connectivity index (χ1) is 15.4. The molecule has 1 aliphatic rings. The van der Waals surface area contributed by atoms with Crippen LogP contribution in [-0.2, 0) is 16.6 Å². The third kappa shape index (κ3) is 5.55. The summed E-state index contributed by atoms with van der Waals surface area (Å²) in [6.45, 7) is 5.08. The third-order valence-corrected chi connectivity index (χ3v) is 6.91. The van der Waals surface area contributed by atoms with Gasteiger partial charge in [-0.15, -0.1) is 0 Å². The first-order valence-electron chi connectivity index (χ1n) is 10.7. The van der Waals surface area contributed by atoms with Gasteiger partial charge in [0.25, 0.3) is 15.9 Å². The molecule has 0 atom stereocenters. The van der Waals surface area contributed by atoms with Crippen LogP contribution in [0.25, 0.3) is 0 Å². The zero-order valence-electron chi connectivity index (χ0n) is 18.0. The van der Waals surface area contributed by atoms with Crippen LogP contribution in [0.1, 0.15) is 34.3 Å². The van der Waals surface area contributed by atoms with Gasteiger partial charge in [0.05, 0.1) is 4.90 Å². The van der Waals surface area contributed by atoms with Gasteiger partial charge in [-0.25, -0.2) is 8.42 Å². The van der Waals surface area contributed by atoms with Crippen molar-refractivity contribution in [2.75, 3.05) is 23.1 Å². The molecule has 1 amide bonds. The van der Waals surface area contributed by atoms with Crippen LogP contribution in [0.15, 0.2) is 77.7 Å². The topological polar surface area (TPSA) is 78.5 Å². The van der Waals surface area contributed by atoms with E-state index in [4.69, 9.17) is 0 Å². The predicted octanol–water partition coefficient (Wildman–Crippen LogP) is 4.64. The number of aryl methyl sites for hydroxylation is 1. The SMILES string of the molecule is Cc1cccc(NS(=O)(=O)c2ccc(NC(=O)c3ccc(CN4CCCC4)cc3)cc2)c1. The minimum Gasteiger partial charge on any atom is -0.322 e. The number of nitrogens with one attached hydrogen (secondary N) is 2. The first kappa shape index (κ1) is 22.0. The molecule has 0 unspecified atom stereocenters. The lowest BCUT2D eigenvalue weighted by Crippen LogP contribution is -2.18. The van der Waals surface area contributed by atoms with Crippen molar-refractivity contribution in [2.24, 2.45) is 0 Å². The van der Waals surface area contributed by atoms with Crippen molar-refractivity contribution in [3.8, 4) is 0 Å². The molecular formula is C25H27N3O3S. The standard InChI is InChI=1S/C25H27N3O3S/c1-19-5-4-6-23(17-19)27-32(30,31)24-13-11-22(12-14-24)26-25(29)21-9-7-20(8-10-21)18-28-15-2-3-16-28/h4-14,17,27H,2-3,15-16,18H2,1H3,(H,26,29). The van der Waals surface area contributed by atoms with Gasteiger partial charge in [-0.05, 0) is 92.5 Å². The summed E-state index contributed by atoms with van der Waals surface area (Å²) in [5, 5.41) is 2.82. The largest absolute Gasteiger partial charge is 0.322 e. The fourth-order valence-electron chi connectivity index (χ4n) is 3.80. The van der Waals surface area contributed by atoms with Crippen LogP contribution in [0.5, 0.6) is 0 Å². The van der Waals surface area contributed by atoms with E-state index < -0.39 is 10.0 Å². The Morgan fingerprint density at radius 2 is 1.59 bits per heavy atom. The Morgan fingerprint density at radius 3 is 2.25 bits per heavy atom. The van der Waals surface area contributed by atoms with E-state index in [-0.39, 0.29) is 10.8 Å². The van der Waals surface area contributed by atoms with Crippen LogP contribution in [0.2, 0.25) is 0 Å². The van der Waals surface area contributed by atoms with E-state index in [1.165, 1.54) is 30.5 Å². The van der Waals surface area contributed by atoms with Crippen LogP contribution >= 0.6 is 0 Å². The molecule has 7 heteroatoms. The molecular weight excluding hydrogens is 422 g/mol. The quantitative estimate of drug-likeness (QED) is 0.551. The first-order valence-corrected chi connectivity index (χ1v) is 12.2. The molecule has 1 fully saturated rings. The van der Waals surface area contributed by atoms with E-state index in [2.05, 4.69) is 14.9 Å². The van der Waals surface area contributed by atoms with Gasteiger partial charge in [0.15, 0.2) is 0 Å². The summed E-state index contributed by atoms with van der Waals surface area (Å²) in [7, 11) is -3.71. The summed E-state index contributed by atoms with van der Waals surface area (Å²) in [6.07, 6.45) is 2.51. The van der Waals surface area contributed by atoms with E-state index >= 15 is 0 Å². The maximum atomic E-state index is 12.6. The number of sulfonamides is 1. The monoisotopic (exact) mass is 449 g/mol. The van der Waals surface area contributed by atoms with E-state index in [0.29, 0.717) is 16.9 Å². The summed E-state index contributed by atoms with van der Waals surface area (Å²) < 4.78 is 27.8. The highest BCUT2D eigenvalue weighted by atomic mass is 32.2. The van der Waals surface area contributed by atoms with Gasteiger partial charge in [-0.2, -0.15) is 0 Å². The molecule has 2 N–H and O–H groups in total. The minimum atomic E-state index is -3.71. The van der Waals surface area contributed by atoms with Crippen molar-refractivity contribution >= 4 is 27.3 Å². The second-order valence-electron chi connectivity index (χ2n) is 8.13. The van der Waals surface area contributed by atoms with Crippen LogP contribution in [0.3, 0.4) is 0 Å². The van der Waals surface area contributed by atoms with Gasteiger partial charge in [-0.1, -0.05) is 24.3 Å². The molecule has 166 valence electrons. The van der Waals surface area contributed by atoms with Gasteiger partial charge < -0.3 is 5.32 Å². The fourth-order valence-corrected chi connectivity index (χ4v) is 4.85. The van der Waals surface area contributed by atoms with E-state index in [1.807, 2.05) is 37.3 Å². The number of amides is 1. The van der Waals surface area contributed by atoms with Gasteiger partial charge in [0.1, 0.15) is 0 Å². The second kappa shape index (κ2) is 9.54. The van der Waals surface area contributed by atoms with Gasteiger partial charge >= 0.3 is 0 Å². The molecule has 32 heavy (non-hydrogen) atoms. The Morgan fingerprint density at radius 1 is 0.906 bits per heavy atom. The molecule has 3 aromatic rings. The highest BCUT2D eigenvalue weighted by Gasteiger charge is 2.15. The van der Waals surface area contributed by atoms with Crippen LogP contribution in [0.4, 0.5) is 11.4 Å². The number of hydrogen-bond donors (Lipinski definition) is 2. The molecule has 0 radical (unpaired) electrons. The Hall–Kier alpha value is -3.16. The molecule has 0 bridgehead atoms. The van der Waals surface area contributed by atoms with Gasteiger partial charge in [-0.3, -0.25) is 14.4 Å². The summed E-state index contributed by atoms with van der Waals surface area (Å²) in [5.74, 6) is -0.230. The zero-order valence-corrected chi connectivity index (χ0v) is 18.9. The summed E-state index contributed by atoms with van der Waals surface area (Å²) >= 11 is 0. The summed E-state index contributed by atoms with van der Waals surface area (Å²) in [4.78, 5) is 15.1. The molecule has 4 rings (SSSR count).